The molecule has 106 valence electrons. The molecule has 0 bridgehead atoms. The minimum Gasteiger partial charge on any atom is -0.324 e. The van der Waals surface area contributed by atoms with E-state index in [2.05, 4.69) is 0 Å². The van der Waals surface area contributed by atoms with E-state index in [0.29, 0.717) is 10.0 Å². The van der Waals surface area contributed by atoms with Gasteiger partial charge in [-0.2, -0.15) is 0 Å². The molecule has 2 N–H and O–H groups in total. The first-order valence-electron chi connectivity index (χ1n) is 6.81. The number of fused-ring (bicyclic) bond motifs is 1. The average Bonchev–Trinajstić information content (AvgIpc) is 2.83. The van der Waals surface area contributed by atoms with Crippen molar-refractivity contribution in [1.82, 2.24) is 4.98 Å². The van der Waals surface area contributed by atoms with Crippen molar-refractivity contribution in [3.05, 3.63) is 49.4 Å². The van der Waals surface area contributed by atoms with Crippen LogP contribution in [0.15, 0.2) is 18.2 Å². The predicted molar refractivity (Wildman–Crippen MR) is 85.9 cm³/mol. The molecule has 0 saturated carbocycles. The summed E-state index contributed by atoms with van der Waals surface area (Å²) in [6.07, 6.45) is 5.60. The number of benzene rings is 1. The largest absolute Gasteiger partial charge is 0.324 e. The average molecular weight is 327 g/mol. The van der Waals surface area contributed by atoms with Crippen molar-refractivity contribution in [2.24, 2.45) is 5.73 Å². The molecule has 0 radical (unpaired) electrons. The van der Waals surface area contributed by atoms with Crippen LogP contribution in [-0.2, 0) is 19.3 Å². The minimum absolute atomic E-state index is 0.0858. The molecule has 20 heavy (non-hydrogen) atoms. The first kappa shape index (κ1) is 14.3. The van der Waals surface area contributed by atoms with Crippen LogP contribution in [0.5, 0.6) is 0 Å². The molecule has 0 fully saturated rings. The van der Waals surface area contributed by atoms with E-state index in [0.717, 1.165) is 23.4 Å². The van der Waals surface area contributed by atoms with Gasteiger partial charge in [0.25, 0.3) is 0 Å². The molecular weight excluding hydrogens is 311 g/mol. The third kappa shape index (κ3) is 3.01. The van der Waals surface area contributed by atoms with E-state index in [1.807, 2.05) is 23.5 Å². The fourth-order valence-corrected chi connectivity index (χ4v) is 4.06. The Balaban J connectivity index is 1.76. The van der Waals surface area contributed by atoms with E-state index in [4.69, 9.17) is 33.9 Å². The molecule has 2 nitrogen and oxygen atoms in total. The summed E-state index contributed by atoms with van der Waals surface area (Å²) in [5.41, 5.74) is 8.57. The van der Waals surface area contributed by atoms with Crippen LogP contribution in [0.25, 0.3) is 0 Å². The Morgan fingerprint density at radius 1 is 1.20 bits per heavy atom. The number of hydrogen-bond donors (Lipinski definition) is 1. The predicted octanol–water partition coefficient (Wildman–Crippen LogP) is 4.57. The van der Waals surface area contributed by atoms with Crippen LogP contribution in [0.4, 0.5) is 0 Å². The number of nitrogens with zero attached hydrogens (tertiary/aromatic N) is 1. The van der Waals surface area contributed by atoms with Gasteiger partial charge in [-0.15, -0.1) is 11.3 Å². The second kappa shape index (κ2) is 6.02. The molecule has 0 spiro atoms. The van der Waals surface area contributed by atoms with Gasteiger partial charge < -0.3 is 5.73 Å². The molecule has 0 saturated heterocycles. The first-order chi connectivity index (χ1) is 9.63. The smallest absolute Gasteiger partial charge is 0.0950 e. The number of rotatable bonds is 3. The molecule has 0 aliphatic heterocycles. The fourth-order valence-electron chi connectivity index (χ4n) is 2.54. The van der Waals surface area contributed by atoms with E-state index in [-0.39, 0.29) is 6.04 Å². The molecule has 1 atom stereocenters. The summed E-state index contributed by atoms with van der Waals surface area (Å²) in [6.45, 7) is 0. The zero-order valence-corrected chi connectivity index (χ0v) is 13.4. The highest BCUT2D eigenvalue weighted by molar-refractivity contribution is 7.11. The molecule has 1 unspecified atom stereocenters. The third-order valence-electron chi connectivity index (χ3n) is 3.66. The van der Waals surface area contributed by atoms with Gasteiger partial charge in [0.05, 0.1) is 20.7 Å². The van der Waals surface area contributed by atoms with Crippen molar-refractivity contribution in [2.45, 2.75) is 38.1 Å². The van der Waals surface area contributed by atoms with Gasteiger partial charge >= 0.3 is 0 Å². The maximum atomic E-state index is 6.27. The van der Waals surface area contributed by atoms with Crippen molar-refractivity contribution < 1.29 is 0 Å². The van der Waals surface area contributed by atoms with Gasteiger partial charge in [-0.05, 0) is 43.4 Å². The zero-order valence-electron chi connectivity index (χ0n) is 11.0. The van der Waals surface area contributed by atoms with Gasteiger partial charge in [0, 0.05) is 17.3 Å². The Morgan fingerprint density at radius 2 is 2.00 bits per heavy atom. The molecule has 1 aliphatic carbocycles. The molecular formula is C15H16Cl2N2S. The molecule has 1 aromatic carbocycles. The van der Waals surface area contributed by atoms with Gasteiger partial charge in [0.2, 0.25) is 0 Å². The van der Waals surface area contributed by atoms with Crippen LogP contribution in [0, 0.1) is 0 Å². The van der Waals surface area contributed by atoms with Crippen molar-refractivity contribution in [3.63, 3.8) is 0 Å². The highest BCUT2D eigenvalue weighted by Crippen LogP contribution is 2.30. The molecule has 3 rings (SSSR count). The molecule has 2 aromatic rings. The quantitative estimate of drug-likeness (QED) is 0.897. The van der Waals surface area contributed by atoms with Gasteiger partial charge in [-0.1, -0.05) is 29.3 Å². The number of aryl methyl sites for hydroxylation is 2. The number of halogens is 2. The van der Waals surface area contributed by atoms with Crippen LogP contribution in [0.2, 0.25) is 10.0 Å². The number of aromatic nitrogens is 1. The maximum Gasteiger partial charge on any atom is 0.0950 e. The Morgan fingerprint density at radius 3 is 2.75 bits per heavy atom. The SMILES string of the molecule is NC(Cc1nc2c(s1)CCCC2)c1ccc(Cl)c(Cl)c1. The molecule has 1 aromatic heterocycles. The summed E-state index contributed by atoms with van der Waals surface area (Å²) in [4.78, 5) is 6.19. The fraction of sp³-hybridized carbons (Fsp3) is 0.400. The molecule has 1 heterocycles. The highest BCUT2D eigenvalue weighted by Gasteiger charge is 2.17. The van der Waals surface area contributed by atoms with E-state index in [1.165, 1.54) is 29.8 Å². The normalized spacial score (nSPS) is 15.9. The van der Waals surface area contributed by atoms with Gasteiger partial charge in [-0.3, -0.25) is 0 Å². The lowest BCUT2D eigenvalue weighted by Gasteiger charge is -2.11. The maximum absolute atomic E-state index is 6.27. The van der Waals surface area contributed by atoms with Gasteiger partial charge in [0.15, 0.2) is 0 Å². The minimum atomic E-state index is -0.0858. The second-order valence-corrected chi connectivity index (χ2v) is 7.15. The van der Waals surface area contributed by atoms with Crippen molar-refractivity contribution in [1.29, 1.82) is 0 Å². The molecule has 0 amide bonds. The standard InChI is InChI=1S/C15H16Cl2N2S/c16-10-6-5-9(7-11(10)17)12(18)8-15-19-13-3-1-2-4-14(13)20-15/h5-7,12H,1-4,8,18H2. The Kier molecular flexibility index (Phi) is 4.32. The summed E-state index contributed by atoms with van der Waals surface area (Å²) in [6, 6.07) is 5.50. The second-order valence-electron chi connectivity index (χ2n) is 5.17. The lowest BCUT2D eigenvalue weighted by molar-refractivity contribution is 0.674. The summed E-state index contributed by atoms with van der Waals surface area (Å²) >= 11 is 13.8. The zero-order chi connectivity index (χ0) is 14.1. The Bertz CT molecular complexity index is 601. The van der Waals surface area contributed by atoms with Crippen LogP contribution >= 0.6 is 34.5 Å². The van der Waals surface area contributed by atoms with Crippen LogP contribution in [0.1, 0.15) is 40.0 Å². The summed E-state index contributed by atoms with van der Waals surface area (Å²) < 4.78 is 0. The van der Waals surface area contributed by atoms with Crippen LogP contribution < -0.4 is 5.73 Å². The first-order valence-corrected chi connectivity index (χ1v) is 8.38. The van der Waals surface area contributed by atoms with Crippen molar-refractivity contribution in [3.8, 4) is 0 Å². The molecule has 1 aliphatic rings. The van der Waals surface area contributed by atoms with Crippen molar-refractivity contribution >= 4 is 34.5 Å². The lowest BCUT2D eigenvalue weighted by Crippen LogP contribution is -2.13. The van der Waals surface area contributed by atoms with E-state index in [9.17, 15) is 0 Å². The summed E-state index contributed by atoms with van der Waals surface area (Å²) in [7, 11) is 0. The van der Waals surface area contributed by atoms with E-state index in [1.54, 1.807) is 6.07 Å². The summed E-state index contributed by atoms with van der Waals surface area (Å²) in [5.74, 6) is 0. The monoisotopic (exact) mass is 326 g/mol. The highest BCUT2D eigenvalue weighted by atomic mass is 35.5. The van der Waals surface area contributed by atoms with Gasteiger partial charge in [-0.25, -0.2) is 4.98 Å². The topological polar surface area (TPSA) is 38.9 Å². The third-order valence-corrected chi connectivity index (χ3v) is 5.58. The Labute approximate surface area is 132 Å². The summed E-state index contributed by atoms with van der Waals surface area (Å²) in [5, 5.41) is 2.25. The van der Waals surface area contributed by atoms with E-state index >= 15 is 0 Å². The Hall–Kier alpha value is -0.610. The van der Waals surface area contributed by atoms with Crippen LogP contribution in [0.3, 0.4) is 0 Å². The van der Waals surface area contributed by atoms with E-state index < -0.39 is 0 Å². The molecule has 5 heteroatoms. The number of nitrogens with two attached hydrogens (primary N) is 1. The lowest BCUT2D eigenvalue weighted by atomic mass is 10.0. The van der Waals surface area contributed by atoms with Crippen LogP contribution in [-0.4, -0.2) is 4.98 Å². The van der Waals surface area contributed by atoms with Gasteiger partial charge in [0.1, 0.15) is 0 Å². The number of thiazole rings is 1. The number of hydrogen-bond acceptors (Lipinski definition) is 3. The van der Waals surface area contributed by atoms with Crippen molar-refractivity contribution in [2.75, 3.05) is 0 Å².